The van der Waals surface area contributed by atoms with Crippen molar-refractivity contribution in [2.75, 3.05) is 0 Å². The van der Waals surface area contributed by atoms with Crippen molar-refractivity contribution in [1.82, 2.24) is 19.5 Å². The quantitative estimate of drug-likeness (QED) is 0.176. The molecule has 0 saturated carbocycles. The lowest BCUT2D eigenvalue weighted by molar-refractivity contribution is 0.669. The Morgan fingerprint density at radius 1 is 0.333 bits per heavy atom. The molecule has 57 heavy (non-hydrogen) atoms. The fourth-order valence-corrected chi connectivity index (χ4v) is 8.49. The summed E-state index contributed by atoms with van der Waals surface area (Å²) >= 11 is 0. The lowest BCUT2D eigenvalue weighted by Crippen LogP contribution is -2.06. The molecule has 8 aromatic carbocycles. The molecule has 0 unspecified atom stereocenters. The Morgan fingerprint density at radius 3 is 1.63 bits per heavy atom. The highest BCUT2D eigenvalue weighted by Crippen LogP contribution is 2.43. The van der Waals surface area contributed by atoms with Crippen LogP contribution < -0.4 is 0 Å². The standard InChI is InChI=1S/C51H30N4O2/c1-4-14-31(15-5-1)34-24-25-40-39(28-34)47-41(26-27-44-48(47)37-21-11-13-23-43(37)56-44)55(40)51-53-49(33-18-8-3-9-19-33)52-50(54-51)35-29-38(32-16-6-2-7-17-32)46-36-20-10-12-22-42(36)57-45(46)30-35/h1-30H. The van der Waals surface area contributed by atoms with Crippen LogP contribution in [0.15, 0.2) is 191 Å². The largest absolute Gasteiger partial charge is 0.456 e. The van der Waals surface area contributed by atoms with E-state index in [4.69, 9.17) is 23.8 Å². The van der Waals surface area contributed by atoms with E-state index in [-0.39, 0.29) is 0 Å². The second-order valence-corrected chi connectivity index (χ2v) is 14.4. The minimum atomic E-state index is 0.518. The first-order valence-electron chi connectivity index (χ1n) is 19.0. The van der Waals surface area contributed by atoms with E-state index in [1.807, 2.05) is 66.7 Å². The highest BCUT2D eigenvalue weighted by molar-refractivity contribution is 6.27. The van der Waals surface area contributed by atoms with Gasteiger partial charge in [0.2, 0.25) is 5.95 Å². The molecular weight excluding hydrogens is 701 g/mol. The van der Waals surface area contributed by atoms with Crippen LogP contribution in [-0.2, 0) is 0 Å². The fourth-order valence-electron chi connectivity index (χ4n) is 8.49. The molecule has 12 aromatic rings. The fraction of sp³-hybridized carbons (Fsp3) is 0. The summed E-state index contributed by atoms with van der Waals surface area (Å²) in [7, 11) is 0. The maximum Gasteiger partial charge on any atom is 0.238 e. The van der Waals surface area contributed by atoms with Gasteiger partial charge in [-0.25, -0.2) is 4.98 Å². The molecule has 0 radical (unpaired) electrons. The van der Waals surface area contributed by atoms with Crippen molar-refractivity contribution < 1.29 is 8.83 Å². The molecule has 0 aliphatic rings. The SMILES string of the molecule is c1ccc(-c2ccc3c(c2)c2c4c(ccc2n3-c2nc(-c3ccccc3)nc(-c3cc(-c5ccccc5)c5c(c3)oc3ccccc35)n2)oc2ccccc24)cc1. The summed E-state index contributed by atoms with van der Waals surface area (Å²) in [4.78, 5) is 15.8. The molecule has 0 saturated heterocycles. The summed E-state index contributed by atoms with van der Waals surface area (Å²) in [5.74, 6) is 1.64. The van der Waals surface area contributed by atoms with Crippen LogP contribution >= 0.6 is 0 Å². The highest BCUT2D eigenvalue weighted by Gasteiger charge is 2.23. The zero-order valence-corrected chi connectivity index (χ0v) is 30.4. The summed E-state index contributed by atoms with van der Waals surface area (Å²) in [6, 6.07) is 62.6. The van der Waals surface area contributed by atoms with Crippen molar-refractivity contribution >= 4 is 65.7 Å². The van der Waals surface area contributed by atoms with Crippen LogP contribution in [0.2, 0.25) is 0 Å². The van der Waals surface area contributed by atoms with Crippen molar-refractivity contribution in [3.05, 3.63) is 182 Å². The van der Waals surface area contributed by atoms with Crippen LogP contribution in [0.25, 0.3) is 117 Å². The van der Waals surface area contributed by atoms with Gasteiger partial charge in [-0.3, -0.25) is 4.57 Å². The molecule has 6 nitrogen and oxygen atoms in total. The predicted octanol–water partition coefficient (Wildman–Crippen LogP) is 13.4. The molecule has 0 N–H and O–H groups in total. The number of fused-ring (bicyclic) bond motifs is 10. The van der Waals surface area contributed by atoms with Gasteiger partial charge in [0.1, 0.15) is 22.3 Å². The minimum absolute atomic E-state index is 0.518. The van der Waals surface area contributed by atoms with E-state index >= 15 is 0 Å². The van der Waals surface area contributed by atoms with Crippen LogP contribution in [0.3, 0.4) is 0 Å². The van der Waals surface area contributed by atoms with E-state index in [9.17, 15) is 0 Å². The van der Waals surface area contributed by atoms with Gasteiger partial charge in [0.15, 0.2) is 11.6 Å². The van der Waals surface area contributed by atoms with E-state index in [0.717, 1.165) is 99.1 Å². The molecule has 4 heterocycles. The van der Waals surface area contributed by atoms with Gasteiger partial charge in [0.25, 0.3) is 0 Å². The van der Waals surface area contributed by atoms with Gasteiger partial charge in [0.05, 0.1) is 11.0 Å². The Bertz CT molecular complexity index is 3510. The maximum absolute atomic E-state index is 6.54. The second kappa shape index (κ2) is 12.3. The topological polar surface area (TPSA) is 69.9 Å². The molecule has 0 bridgehead atoms. The third kappa shape index (κ3) is 4.94. The summed E-state index contributed by atoms with van der Waals surface area (Å²) in [5.41, 5.74) is 11.4. The number of aromatic nitrogens is 4. The number of hydrogen-bond acceptors (Lipinski definition) is 5. The molecule has 0 fully saturated rings. The zero-order chi connectivity index (χ0) is 37.5. The molecule has 0 atom stereocenters. The summed E-state index contributed by atoms with van der Waals surface area (Å²) in [5, 5.41) is 6.43. The number of nitrogens with zero attached hydrogens (tertiary/aromatic N) is 4. The van der Waals surface area contributed by atoms with Gasteiger partial charge in [-0.2, -0.15) is 9.97 Å². The van der Waals surface area contributed by atoms with Gasteiger partial charge < -0.3 is 8.83 Å². The second-order valence-electron chi connectivity index (χ2n) is 14.4. The summed E-state index contributed by atoms with van der Waals surface area (Å²) < 4.78 is 15.2. The number of para-hydroxylation sites is 2. The van der Waals surface area contributed by atoms with Crippen LogP contribution in [0.5, 0.6) is 0 Å². The number of furan rings is 2. The monoisotopic (exact) mass is 730 g/mol. The Balaban J connectivity index is 1.18. The van der Waals surface area contributed by atoms with Gasteiger partial charge in [-0.15, -0.1) is 0 Å². The number of rotatable bonds is 5. The average molecular weight is 731 g/mol. The average Bonchev–Trinajstić information content (AvgIpc) is 3.96. The van der Waals surface area contributed by atoms with Crippen molar-refractivity contribution in [2.45, 2.75) is 0 Å². The van der Waals surface area contributed by atoms with Gasteiger partial charge in [-0.1, -0.05) is 133 Å². The van der Waals surface area contributed by atoms with Crippen molar-refractivity contribution in [3.63, 3.8) is 0 Å². The first-order valence-corrected chi connectivity index (χ1v) is 19.0. The lowest BCUT2D eigenvalue weighted by atomic mass is 9.97. The molecule has 266 valence electrons. The molecule has 0 amide bonds. The van der Waals surface area contributed by atoms with Crippen LogP contribution in [0, 0.1) is 0 Å². The molecule has 12 rings (SSSR count). The Morgan fingerprint density at radius 2 is 0.912 bits per heavy atom. The number of benzene rings is 8. The molecule has 0 aliphatic heterocycles. The van der Waals surface area contributed by atoms with Gasteiger partial charge in [0, 0.05) is 43.4 Å². The maximum atomic E-state index is 6.54. The molecule has 0 aliphatic carbocycles. The van der Waals surface area contributed by atoms with Crippen LogP contribution in [0.4, 0.5) is 0 Å². The summed E-state index contributed by atoms with van der Waals surface area (Å²) in [6.07, 6.45) is 0. The van der Waals surface area contributed by atoms with E-state index in [0.29, 0.717) is 17.6 Å². The van der Waals surface area contributed by atoms with Crippen molar-refractivity contribution in [3.8, 4) is 51.0 Å². The van der Waals surface area contributed by atoms with Crippen molar-refractivity contribution in [1.29, 1.82) is 0 Å². The van der Waals surface area contributed by atoms with E-state index in [1.165, 1.54) is 0 Å². The predicted molar refractivity (Wildman–Crippen MR) is 230 cm³/mol. The van der Waals surface area contributed by atoms with Gasteiger partial charge in [-0.05, 0) is 70.8 Å². The van der Waals surface area contributed by atoms with Crippen LogP contribution in [-0.4, -0.2) is 19.5 Å². The van der Waals surface area contributed by atoms with Crippen LogP contribution in [0.1, 0.15) is 0 Å². The third-order valence-electron chi connectivity index (χ3n) is 11.1. The third-order valence-corrected chi connectivity index (χ3v) is 11.1. The van der Waals surface area contributed by atoms with E-state index in [1.54, 1.807) is 0 Å². The molecule has 0 spiro atoms. The zero-order valence-electron chi connectivity index (χ0n) is 30.4. The lowest BCUT2D eigenvalue weighted by Gasteiger charge is -2.12. The smallest absolute Gasteiger partial charge is 0.238 e. The van der Waals surface area contributed by atoms with Gasteiger partial charge >= 0.3 is 0 Å². The van der Waals surface area contributed by atoms with Crippen molar-refractivity contribution in [2.24, 2.45) is 0 Å². The first-order chi connectivity index (χ1) is 28.2. The Kier molecular flexibility index (Phi) is 6.83. The summed E-state index contributed by atoms with van der Waals surface area (Å²) in [6.45, 7) is 0. The van der Waals surface area contributed by atoms with E-state index in [2.05, 4.69) is 120 Å². The highest BCUT2D eigenvalue weighted by atomic mass is 16.3. The Hall–Kier alpha value is -7.83. The molecule has 6 heteroatoms. The first kappa shape index (κ1) is 31.5. The van der Waals surface area contributed by atoms with E-state index < -0.39 is 0 Å². The number of hydrogen-bond donors (Lipinski definition) is 0. The molecular formula is C51H30N4O2. The minimum Gasteiger partial charge on any atom is -0.456 e. The Labute approximate surface area is 325 Å². The normalized spacial score (nSPS) is 11.9. The molecule has 4 aromatic heterocycles.